The summed E-state index contributed by atoms with van der Waals surface area (Å²) >= 11 is 0. The number of aryl methyl sites for hydroxylation is 1. The fraction of sp³-hybridized carbons (Fsp3) is 0.400. The van der Waals surface area contributed by atoms with Gasteiger partial charge in [-0.1, -0.05) is 24.3 Å². The fourth-order valence-electron chi connectivity index (χ4n) is 4.12. The van der Waals surface area contributed by atoms with Crippen LogP contribution in [0.3, 0.4) is 0 Å². The minimum absolute atomic E-state index is 0.252. The number of piperidine rings is 1. The van der Waals surface area contributed by atoms with Gasteiger partial charge >= 0.3 is 0 Å². The van der Waals surface area contributed by atoms with Crippen molar-refractivity contribution in [2.24, 2.45) is 0 Å². The number of aromatic nitrogens is 1. The van der Waals surface area contributed by atoms with E-state index in [1.165, 1.54) is 17.5 Å². The number of benzene rings is 1. The summed E-state index contributed by atoms with van der Waals surface area (Å²) in [6.07, 6.45) is 7.03. The quantitative estimate of drug-likeness (QED) is 0.865. The predicted molar refractivity (Wildman–Crippen MR) is 92.0 cm³/mol. The van der Waals surface area contributed by atoms with Crippen molar-refractivity contribution in [3.8, 4) is 5.75 Å². The number of carbonyl (C=O) groups is 1. The molecule has 24 heavy (non-hydrogen) atoms. The molecule has 1 amide bonds. The fourth-order valence-corrected chi connectivity index (χ4v) is 4.12. The SMILES string of the molecule is COc1cncc(CCC(=O)N2C[C@H]3CC[C@H]2c2ccccc23)c1. The Hall–Kier alpha value is -2.36. The summed E-state index contributed by atoms with van der Waals surface area (Å²) in [6.45, 7) is 0.872. The van der Waals surface area contributed by atoms with Gasteiger partial charge in [-0.2, -0.15) is 0 Å². The van der Waals surface area contributed by atoms with E-state index in [1.54, 1.807) is 13.3 Å². The van der Waals surface area contributed by atoms with Crippen LogP contribution in [0.2, 0.25) is 0 Å². The topological polar surface area (TPSA) is 42.4 Å². The van der Waals surface area contributed by atoms with Gasteiger partial charge in [-0.25, -0.2) is 0 Å². The van der Waals surface area contributed by atoms with E-state index in [0.29, 0.717) is 18.8 Å². The van der Waals surface area contributed by atoms with Crippen LogP contribution in [0.4, 0.5) is 0 Å². The third-order valence-corrected chi connectivity index (χ3v) is 5.33. The molecule has 2 bridgehead atoms. The highest BCUT2D eigenvalue weighted by Gasteiger charge is 2.39. The maximum absolute atomic E-state index is 12.8. The first-order valence-electron chi connectivity index (χ1n) is 8.62. The zero-order valence-corrected chi connectivity index (χ0v) is 13.9. The Morgan fingerprint density at radius 3 is 2.92 bits per heavy atom. The Kier molecular flexibility index (Phi) is 3.97. The molecule has 3 heterocycles. The molecule has 0 saturated carbocycles. The van der Waals surface area contributed by atoms with Gasteiger partial charge in [-0.05, 0) is 42.0 Å². The number of hydrogen-bond donors (Lipinski definition) is 0. The molecule has 1 saturated heterocycles. The molecular formula is C20H22N2O2. The number of ether oxygens (including phenoxy) is 1. The van der Waals surface area contributed by atoms with E-state index in [4.69, 9.17) is 4.74 Å². The van der Waals surface area contributed by atoms with Crippen LogP contribution in [-0.2, 0) is 11.2 Å². The summed E-state index contributed by atoms with van der Waals surface area (Å²) in [5.41, 5.74) is 3.86. The number of fused-ring (bicyclic) bond motifs is 2. The largest absolute Gasteiger partial charge is 0.495 e. The summed E-state index contributed by atoms with van der Waals surface area (Å²) in [6, 6.07) is 10.8. The summed E-state index contributed by atoms with van der Waals surface area (Å²) in [4.78, 5) is 19.1. The van der Waals surface area contributed by atoms with E-state index < -0.39 is 0 Å². The molecule has 0 radical (unpaired) electrons. The standard InChI is InChI=1S/C20H22N2O2/c1-24-16-10-14(11-21-12-16)6-9-20(23)22-13-15-7-8-19(22)18-5-3-2-4-17(15)18/h2-5,10-12,15,19H,6-9,13H2,1H3/t15-,19+/m1/s1. The maximum Gasteiger partial charge on any atom is 0.223 e. The lowest BCUT2D eigenvalue weighted by atomic mass is 9.75. The van der Waals surface area contributed by atoms with Gasteiger partial charge < -0.3 is 9.64 Å². The second kappa shape index (κ2) is 6.27. The number of methoxy groups -OCH3 is 1. The van der Waals surface area contributed by atoms with Gasteiger partial charge in [-0.3, -0.25) is 9.78 Å². The van der Waals surface area contributed by atoms with E-state index in [2.05, 4.69) is 34.1 Å². The molecule has 1 aromatic heterocycles. The molecule has 5 rings (SSSR count). The van der Waals surface area contributed by atoms with Crippen molar-refractivity contribution in [1.82, 2.24) is 9.88 Å². The van der Waals surface area contributed by atoms with E-state index in [1.807, 2.05) is 12.3 Å². The number of carbonyl (C=O) groups excluding carboxylic acids is 1. The van der Waals surface area contributed by atoms with E-state index in [0.717, 1.165) is 24.3 Å². The van der Waals surface area contributed by atoms with Crippen molar-refractivity contribution in [2.75, 3.05) is 13.7 Å². The van der Waals surface area contributed by atoms with Crippen LogP contribution in [0, 0.1) is 0 Å². The van der Waals surface area contributed by atoms with Crippen LogP contribution in [0.1, 0.15) is 47.9 Å². The monoisotopic (exact) mass is 322 g/mol. The average Bonchev–Trinajstić information content (AvgIpc) is 2.67. The van der Waals surface area contributed by atoms with Gasteiger partial charge in [0.1, 0.15) is 5.75 Å². The average molecular weight is 322 g/mol. The zero-order valence-electron chi connectivity index (χ0n) is 13.9. The third-order valence-electron chi connectivity index (χ3n) is 5.33. The minimum Gasteiger partial charge on any atom is -0.495 e. The molecule has 124 valence electrons. The Morgan fingerprint density at radius 2 is 2.08 bits per heavy atom. The third kappa shape index (κ3) is 2.66. The number of hydrogen-bond acceptors (Lipinski definition) is 3. The van der Waals surface area contributed by atoms with Crippen molar-refractivity contribution >= 4 is 5.91 Å². The van der Waals surface area contributed by atoms with Crippen molar-refractivity contribution < 1.29 is 9.53 Å². The number of rotatable bonds is 4. The molecule has 3 aliphatic rings. The lowest BCUT2D eigenvalue weighted by Gasteiger charge is -2.46. The Balaban J connectivity index is 1.46. The van der Waals surface area contributed by atoms with E-state index in [-0.39, 0.29) is 11.9 Å². The van der Waals surface area contributed by atoms with Gasteiger partial charge in [0, 0.05) is 25.1 Å². The van der Waals surface area contributed by atoms with Gasteiger partial charge in [-0.15, -0.1) is 0 Å². The predicted octanol–water partition coefficient (Wildman–Crippen LogP) is 3.48. The highest BCUT2D eigenvalue weighted by atomic mass is 16.5. The Labute approximate surface area is 142 Å². The molecule has 1 aromatic carbocycles. The molecular weight excluding hydrogens is 300 g/mol. The molecule has 2 aromatic rings. The summed E-state index contributed by atoms with van der Waals surface area (Å²) in [5.74, 6) is 1.50. The first kappa shape index (κ1) is 15.2. The highest BCUT2D eigenvalue weighted by Crippen LogP contribution is 2.46. The maximum atomic E-state index is 12.8. The van der Waals surface area contributed by atoms with Crippen LogP contribution in [0.5, 0.6) is 5.75 Å². The van der Waals surface area contributed by atoms with Crippen molar-refractivity contribution in [3.63, 3.8) is 0 Å². The second-order valence-electron chi connectivity index (χ2n) is 6.70. The van der Waals surface area contributed by atoms with Gasteiger partial charge in [0.25, 0.3) is 0 Å². The van der Waals surface area contributed by atoms with Crippen molar-refractivity contribution in [2.45, 2.75) is 37.6 Å². The van der Waals surface area contributed by atoms with E-state index >= 15 is 0 Å². The van der Waals surface area contributed by atoms with Crippen LogP contribution in [-0.4, -0.2) is 29.4 Å². The molecule has 2 aliphatic heterocycles. The van der Waals surface area contributed by atoms with Crippen LogP contribution < -0.4 is 4.74 Å². The normalized spacial score (nSPS) is 21.5. The smallest absolute Gasteiger partial charge is 0.223 e. The molecule has 1 aliphatic carbocycles. The minimum atomic E-state index is 0.252. The zero-order chi connectivity index (χ0) is 16.5. The number of nitrogens with zero attached hydrogens (tertiary/aromatic N) is 2. The first-order valence-corrected chi connectivity index (χ1v) is 8.62. The molecule has 0 N–H and O–H groups in total. The summed E-state index contributed by atoms with van der Waals surface area (Å²) < 4.78 is 5.20. The number of amides is 1. The van der Waals surface area contributed by atoms with Crippen LogP contribution >= 0.6 is 0 Å². The van der Waals surface area contributed by atoms with Crippen molar-refractivity contribution in [1.29, 1.82) is 0 Å². The van der Waals surface area contributed by atoms with Crippen LogP contribution in [0.25, 0.3) is 0 Å². The molecule has 0 unspecified atom stereocenters. The molecule has 4 heteroatoms. The second-order valence-corrected chi connectivity index (χ2v) is 6.70. The van der Waals surface area contributed by atoms with Crippen LogP contribution in [0.15, 0.2) is 42.7 Å². The molecule has 1 fully saturated rings. The lowest BCUT2D eigenvalue weighted by molar-refractivity contribution is -0.136. The van der Waals surface area contributed by atoms with E-state index in [9.17, 15) is 4.79 Å². The van der Waals surface area contributed by atoms with Crippen molar-refractivity contribution in [3.05, 3.63) is 59.4 Å². The molecule has 2 atom stereocenters. The summed E-state index contributed by atoms with van der Waals surface area (Å²) in [5, 5.41) is 0. The molecule has 0 spiro atoms. The summed E-state index contributed by atoms with van der Waals surface area (Å²) in [7, 11) is 1.63. The lowest BCUT2D eigenvalue weighted by Crippen LogP contribution is -2.45. The molecule has 4 nitrogen and oxygen atoms in total. The number of pyridine rings is 1. The van der Waals surface area contributed by atoms with Gasteiger partial charge in [0.15, 0.2) is 0 Å². The Morgan fingerprint density at radius 1 is 1.25 bits per heavy atom. The van der Waals surface area contributed by atoms with Gasteiger partial charge in [0.2, 0.25) is 5.91 Å². The highest BCUT2D eigenvalue weighted by molar-refractivity contribution is 5.78. The first-order chi connectivity index (χ1) is 11.8. The van der Waals surface area contributed by atoms with Gasteiger partial charge in [0.05, 0.1) is 19.3 Å². The Bertz CT molecular complexity index is 759.